The Labute approximate surface area is 162 Å². The Balaban J connectivity index is 1.32. The van der Waals surface area contributed by atoms with E-state index in [0.717, 1.165) is 17.6 Å². The smallest absolute Gasteiger partial charge is 0.318 e. The molecule has 0 aliphatic carbocycles. The average molecular weight is 378 g/mol. The van der Waals surface area contributed by atoms with Crippen LogP contribution in [0.15, 0.2) is 48.5 Å². The Kier molecular flexibility index (Phi) is 4.89. The number of H-pyrrole nitrogens is 1. The number of amides is 3. The summed E-state index contributed by atoms with van der Waals surface area (Å²) >= 11 is 0. The maximum absolute atomic E-state index is 12.5. The molecule has 0 atom stereocenters. The molecule has 1 aromatic heterocycles. The summed E-state index contributed by atoms with van der Waals surface area (Å²) in [6, 6.07) is 15.0. The number of urea groups is 1. The molecule has 7 nitrogen and oxygen atoms in total. The molecule has 2 aromatic carbocycles. The van der Waals surface area contributed by atoms with E-state index in [2.05, 4.69) is 21.7 Å². The second-order valence-electron chi connectivity index (χ2n) is 6.73. The molecule has 0 fully saturated rings. The number of ether oxygens (including phenoxy) is 1. The molecule has 1 aliphatic rings. The van der Waals surface area contributed by atoms with Crippen LogP contribution in [0.25, 0.3) is 10.9 Å². The number of aromatic nitrogens is 1. The molecule has 0 saturated carbocycles. The van der Waals surface area contributed by atoms with Gasteiger partial charge in [-0.3, -0.25) is 4.79 Å². The molecular formula is C21H22N4O3. The third kappa shape index (κ3) is 3.64. The number of nitrogens with zero attached hydrogens (tertiary/aromatic N) is 1. The molecule has 0 saturated heterocycles. The molecule has 144 valence electrons. The van der Waals surface area contributed by atoms with Crippen molar-refractivity contribution >= 4 is 28.5 Å². The highest BCUT2D eigenvalue weighted by Gasteiger charge is 2.23. The Morgan fingerprint density at radius 3 is 2.71 bits per heavy atom. The van der Waals surface area contributed by atoms with Crippen molar-refractivity contribution < 1.29 is 14.3 Å². The lowest BCUT2D eigenvalue weighted by atomic mass is 10.0. The number of para-hydroxylation sites is 1. The van der Waals surface area contributed by atoms with Crippen molar-refractivity contribution in [2.45, 2.75) is 13.0 Å². The summed E-state index contributed by atoms with van der Waals surface area (Å²) in [5, 5.41) is 6.67. The van der Waals surface area contributed by atoms with Crippen molar-refractivity contribution in [1.29, 1.82) is 0 Å². The minimum absolute atomic E-state index is 0.0824. The van der Waals surface area contributed by atoms with Crippen LogP contribution >= 0.6 is 0 Å². The third-order valence-electron chi connectivity index (χ3n) is 4.94. The second-order valence-corrected chi connectivity index (χ2v) is 6.73. The predicted octanol–water partition coefficient (Wildman–Crippen LogP) is 2.88. The zero-order valence-electron chi connectivity index (χ0n) is 15.6. The SMILES string of the molecule is COc1ccc(NC(=O)CNC(=O)N2CCc3c([nH]c4ccccc34)C2)cc1. The number of carbonyl (C=O) groups excluding carboxylic acids is 2. The van der Waals surface area contributed by atoms with E-state index in [1.165, 1.54) is 10.9 Å². The van der Waals surface area contributed by atoms with Gasteiger partial charge in [0.2, 0.25) is 5.91 Å². The summed E-state index contributed by atoms with van der Waals surface area (Å²) in [6.07, 6.45) is 0.796. The van der Waals surface area contributed by atoms with Crippen molar-refractivity contribution in [3.63, 3.8) is 0 Å². The minimum atomic E-state index is -0.276. The predicted molar refractivity (Wildman–Crippen MR) is 107 cm³/mol. The van der Waals surface area contributed by atoms with E-state index >= 15 is 0 Å². The quantitative estimate of drug-likeness (QED) is 0.652. The van der Waals surface area contributed by atoms with Crippen LogP contribution in [0.5, 0.6) is 5.75 Å². The maximum Gasteiger partial charge on any atom is 0.318 e. The molecule has 0 spiro atoms. The molecule has 2 heterocycles. The average Bonchev–Trinajstić information content (AvgIpc) is 3.10. The Hall–Kier alpha value is -3.48. The van der Waals surface area contributed by atoms with E-state index in [-0.39, 0.29) is 18.5 Å². The number of carbonyl (C=O) groups is 2. The largest absolute Gasteiger partial charge is 0.497 e. The van der Waals surface area contributed by atoms with Crippen molar-refractivity contribution in [1.82, 2.24) is 15.2 Å². The van der Waals surface area contributed by atoms with Crippen molar-refractivity contribution in [2.24, 2.45) is 0 Å². The number of methoxy groups -OCH3 is 1. The van der Waals surface area contributed by atoms with Crippen LogP contribution in [0.1, 0.15) is 11.3 Å². The number of hydrogen-bond acceptors (Lipinski definition) is 3. The van der Waals surface area contributed by atoms with Gasteiger partial charge in [-0.2, -0.15) is 0 Å². The normalized spacial score (nSPS) is 13.1. The number of aromatic amines is 1. The third-order valence-corrected chi connectivity index (χ3v) is 4.94. The summed E-state index contributed by atoms with van der Waals surface area (Å²) < 4.78 is 5.09. The Morgan fingerprint density at radius 2 is 1.93 bits per heavy atom. The van der Waals surface area contributed by atoms with E-state index in [4.69, 9.17) is 4.74 Å². The van der Waals surface area contributed by atoms with E-state index in [0.29, 0.717) is 24.5 Å². The van der Waals surface area contributed by atoms with Crippen molar-refractivity contribution in [3.8, 4) is 5.75 Å². The van der Waals surface area contributed by atoms with Crippen LogP contribution in [-0.4, -0.2) is 42.0 Å². The molecular weight excluding hydrogens is 356 g/mol. The zero-order chi connectivity index (χ0) is 19.5. The van der Waals surface area contributed by atoms with Crippen LogP contribution in [-0.2, 0) is 17.8 Å². The zero-order valence-corrected chi connectivity index (χ0v) is 15.6. The fraction of sp³-hybridized carbons (Fsp3) is 0.238. The van der Waals surface area contributed by atoms with Gasteiger partial charge in [0.05, 0.1) is 20.2 Å². The van der Waals surface area contributed by atoms with Gasteiger partial charge in [0.1, 0.15) is 5.75 Å². The molecule has 0 bridgehead atoms. The van der Waals surface area contributed by atoms with Crippen molar-refractivity contribution in [2.75, 3.05) is 25.5 Å². The minimum Gasteiger partial charge on any atom is -0.497 e. The number of rotatable bonds is 4. The van der Waals surface area contributed by atoms with Gasteiger partial charge >= 0.3 is 6.03 Å². The maximum atomic E-state index is 12.5. The number of anilines is 1. The molecule has 0 radical (unpaired) electrons. The first-order valence-electron chi connectivity index (χ1n) is 9.19. The number of nitrogens with one attached hydrogen (secondary N) is 3. The van der Waals surface area contributed by atoms with E-state index in [9.17, 15) is 9.59 Å². The standard InChI is InChI=1S/C21H22N4O3/c1-28-15-8-6-14(7-9-15)23-20(26)12-22-21(27)25-11-10-17-16-4-2-3-5-18(16)24-19(17)13-25/h2-9,24H,10-13H2,1H3,(H,22,27)(H,23,26). The summed E-state index contributed by atoms with van der Waals surface area (Å²) in [5.74, 6) is 0.439. The summed E-state index contributed by atoms with van der Waals surface area (Å²) in [7, 11) is 1.59. The van der Waals surface area contributed by atoms with Crippen LogP contribution < -0.4 is 15.4 Å². The van der Waals surface area contributed by atoms with Gasteiger partial charge in [0.25, 0.3) is 0 Å². The molecule has 0 unspecified atom stereocenters. The fourth-order valence-corrected chi connectivity index (χ4v) is 3.51. The Morgan fingerprint density at radius 1 is 1.14 bits per heavy atom. The van der Waals surface area contributed by atoms with Crippen molar-refractivity contribution in [3.05, 3.63) is 59.8 Å². The van der Waals surface area contributed by atoms with Gasteiger partial charge in [0, 0.05) is 28.8 Å². The van der Waals surface area contributed by atoms with Crippen LogP contribution in [0, 0.1) is 0 Å². The summed E-state index contributed by atoms with van der Waals surface area (Å²) in [4.78, 5) is 29.7. The monoisotopic (exact) mass is 378 g/mol. The fourth-order valence-electron chi connectivity index (χ4n) is 3.51. The van der Waals surface area contributed by atoms with Gasteiger partial charge in [-0.05, 0) is 42.3 Å². The molecule has 3 aromatic rings. The molecule has 1 aliphatic heterocycles. The molecule has 28 heavy (non-hydrogen) atoms. The number of fused-ring (bicyclic) bond motifs is 3. The first kappa shape index (κ1) is 17.9. The van der Waals surface area contributed by atoms with Gasteiger partial charge < -0.3 is 25.3 Å². The van der Waals surface area contributed by atoms with Gasteiger partial charge in [-0.1, -0.05) is 18.2 Å². The van der Waals surface area contributed by atoms with Gasteiger partial charge in [-0.15, -0.1) is 0 Å². The van der Waals surface area contributed by atoms with Crippen LogP contribution in [0.2, 0.25) is 0 Å². The topological polar surface area (TPSA) is 86.5 Å². The highest BCUT2D eigenvalue weighted by molar-refractivity contribution is 5.94. The Bertz CT molecular complexity index is 1010. The van der Waals surface area contributed by atoms with Crippen LogP contribution in [0.3, 0.4) is 0 Å². The van der Waals surface area contributed by atoms with Crippen LogP contribution in [0.4, 0.5) is 10.5 Å². The first-order valence-corrected chi connectivity index (χ1v) is 9.19. The lowest BCUT2D eigenvalue weighted by molar-refractivity contribution is -0.115. The van der Waals surface area contributed by atoms with E-state index in [1.54, 1.807) is 36.3 Å². The number of hydrogen-bond donors (Lipinski definition) is 3. The highest BCUT2D eigenvalue weighted by Crippen LogP contribution is 2.27. The molecule has 3 amide bonds. The molecule has 3 N–H and O–H groups in total. The van der Waals surface area contributed by atoms with E-state index < -0.39 is 0 Å². The van der Waals surface area contributed by atoms with E-state index in [1.807, 2.05) is 18.2 Å². The lowest BCUT2D eigenvalue weighted by Gasteiger charge is -2.27. The van der Waals surface area contributed by atoms with Gasteiger partial charge in [0.15, 0.2) is 0 Å². The summed E-state index contributed by atoms with van der Waals surface area (Å²) in [6.45, 7) is 1.05. The highest BCUT2D eigenvalue weighted by atomic mass is 16.5. The van der Waals surface area contributed by atoms with Gasteiger partial charge in [-0.25, -0.2) is 4.79 Å². The lowest BCUT2D eigenvalue weighted by Crippen LogP contribution is -2.45. The first-order chi connectivity index (χ1) is 13.6. The number of benzene rings is 2. The summed E-state index contributed by atoms with van der Waals surface area (Å²) in [5.41, 5.74) is 4.08. The molecule has 7 heteroatoms. The molecule has 4 rings (SSSR count). The second kappa shape index (κ2) is 7.64.